The van der Waals surface area contributed by atoms with Gasteiger partial charge in [-0.2, -0.15) is 0 Å². The van der Waals surface area contributed by atoms with Crippen LogP contribution in [-0.4, -0.2) is 28.4 Å². The molecular weight excluding hydrogens is 350 g/mol. The fraction of sp³-hybridized carbons (Fsp3) is 0.368. The van der Waals surface area contributed by atoms with Crippen molar-refractivity contribution in [3.05, 3.63) is 51.7 Å². The Kier molecular flexibility index (Phi) is 4.83. The molecule has 3 aromatic rings. The van der Waals surface area contributed by atoms with Gasteiger partial charge in [-0.15, -0.1) is 22.7 Å². The Morgan fingerprint density at radius 2 is 2.24 bits per heavy atom. The van der Waals surface area contributed by atoms with Crippen LogP contribution in [0.2, 0.25) is 0 Å². The van der Waals surface area contributed by atoms with Gasteiger partial charge in [0, 0.05) is 4.88 Å². The molecule has 0 aliphatic carbocycles. The molecule has 2 unspecified atom stereocenters. The predicted octanol–water partition coefficient (Wildman–Crippen LogP) is 4.20. The lowest BCUT2D eigenvalue weighted by molar-refractivity contribution is -0.126. The smallest absolute Gasteiger partial charge is 0.237 e. The van der Waals surface area contributed by atoms with Crippen LogP contribution in [0.4, 0.5) is 0 Å². The maximum atomic E-state index is 12.6. The van der Waals surface area contributed by atoms with E-state index in [0.717, 1.165) is 29.9 Å². The molecule has 1 N–H and O–H groups in total. The molecule has 25 heavy (non-hydrogen) atoms. The third kappa shape index (κ3) is 3.47. The van der Waals surface area contributed by atoms with Crippen LogP contribution in [0, 0.1) is 0 Å². The number of thiazole rings is 1. The molecule has 2 atom stereocenters. The van der Waals surface area contributed by atoms with E-state index in [-0.39, 0.29) is 18.0 Å². The molecule has 1 aliphatic rings. The molecule has 4 rings (SSSR count). The lowest BCUT2D eigenvalue weighted by Crippen LogP contribution is -2.44. The highest BCUT2D eigenvalue weighted by Gasteiger charge is 2.34. The van der Waals surface area contributed by atoms with Gasteiger partial charge in [-0.05, 0) is 49.9 Å². The van der Waals surface area contributed by atoms with E-state index >= 15 is 0 Å². The highest BCUT2D eigenvalue weighted by molar-refractivity contribution is 7.18. The van der Waals surface area contributed by atoms with Crippen molar-refractivity contribution in [3.8, 4) is 0 Å². The maximum Gasteiger partial charge on any atom is 0.237 e. The SMILES string of the molecule is CC(C(=O)NCc1cccs1)N1CCCC1c1nc2ccccc2s1. The van der Waals surface area contributed by atoms with Crippen molar-refractivity contribution in [3.63, 3.8) is 0 Å². The molecule has 0 saturated carbocycles. The molecule has 0 spiro atoms. The summed E-state index contributed by atoms with van der Waals surface area (Å²) in [6.07, 6.45) is 2.19. The zero-order valence-corrected chi connectivity index (χ0v) is 15.8. The summed E-state index contributed by atoms with van der Waals surface area (Å²) >= 11 is 3.43. The Morgan fingerprint density at radius 1 is 1.36 bits per heavy atom. The van der Waals surface area contributed by atoms with Crippen molar-refractivity contribution >= 4 is 38.8 Å². The summed E-state index contributed by atoms with van der Waals surface area (Å²) < 4.78 is 1.22. The average Bonchev–Trinajstić information content (AvgIpc) is 3.38. The van der Waals surface area contributed by atoms with Crippen molar-refractivity contribution < 1.29 is 4.79 Å². The Balaban J connectivity index is 1.47. The van der Waals surface area contributed by atoms with Gasteiger partial charge in [0.2, 0.25) is 5.91 Å². The number of likely N-dealkylation sites (tertiary alicyclic amines) is 1. The second kappa shape index (κ2) is 7.23. The van der Waals surface area contributed by atoms with Gasteiger partial charge < -0.3 is 5.32 Å². The Hall–Kier alpha value is -1.76. The zero-order chi connectivity index (χ0) is 17.2. The van der Waals surface area contributed by atoms with Gasteiger partial charge in [0.15, 0.2) is 0 Å². The zero-order valence-electron chi connectivity index (χ0n) is 14.1. The summed E-state index contributed by atoms with van der Waals surface area (Å²) in [5.41, 5.74) is 1.06. The quantitative estimate of drug-likeness (QED) is 0.731. The summed E-state index contributed by atoms with van der Waals surface area (Å²) in [5.74, 6) is 0.0985. The van der Waals surface area contributed by atoms with Crippen molar-refractivity contribution in [2.24, 2.45) is 0 Å². The lowest BCUT2D eigenvalue weighted by Gasteiger charge is -2.28. The third-order valence-electron chi connectivity index (χ3n) is 4.78. The molecule has 1 aliphatic heterocycles. The van der Waals surface area contributed by atoms with Crippen molar-refractivity contribution in [1.29, 1.82) is 0 Å². The normalized spacial score (nSPS) is 19.3. The second-order valence-corrected chi connectivity index (χ2v) is 8.48. The highest BCUT2D eigenvalue weighted by Crippen LogP contribution is 2.37. The fourth-order valence-corrected chi connectivity index (χ4v) is 5.20. The molecule has 2 aromatic heterocycles. The minimum atomic E-state index is -0.139. The standard InChI is InChI=1S/C19H21N3OS2/c1-13(18(23)20-12-14-6-5-11-24-14)22-10-4-8-16(22)19-21-15-7-2-3-9-17(15)25-19/h2-3,5-7,9,11,13,16H,4,8,10,12H2,1H3,(H,20,23). The minimum absolute atomic E-state index is 0.0985. The van der Waals surface area contributed by atoms with E-state index in [4.69, 9.17) is 4.98 Å². The number of hydrogen-bond acceptors (Lipinski definition) is 5. The molecule has 3 heterocycles. The molecule has 130 valence electrons. The predicted molar refractivity (Wildman–Crippen MR) is 104 cm³/mol. The largest absolute Gasteiger partial charge is 0.350 e. The highest BCUT2D eigenvalue weighted by atomic mass is 32.1. The Labute approximate surface area is 155 Å². The van der Waals surface area contributed by atoms with Gasteiger partial charge in [-0.1, -0.05) is 18.2 Å². The number of carbonyl (C=O) groups excluding carboxylic acids is 1. The van der Waals surface area contributed by atoms with E-state index in [2.05, 4.69) is 34.5 Å². The molecule has 1 amide bonds. The van der Waals surface area contributed by atoms with Gasteiger partial charge >= 0.3 is 0 Å². The van der Waals surface area contributed by atoms with E-state index < -0.39 is 0 Å². The first-order chi connectivity index (χ1) is 12.2. The summed E-state index contributed by atoms with van der Waals surface area (Å²) in [6.45, 7) is 3.57. The number of benzene rings is 1. The van der Waals surface area contributed by atoms with E-state index in [9.17, 15) is 4.79 Å². The number of carbonyl (C=O) groups is 1. The van der Waals surface area contributed by atoms with E-state index in [1.54, 1.807) is 22.7 Å². The van der Waals surface area contributed by atoms with E-state index in [1.807, 2.05) is 24.4 Å². The van der Waals surface area contributed by atoms with Crippen LogP contribution in [0.15, 0.2) is 41.8 Å². The molecule has 6 heteroatoms. The second-order valence-electron chi connectivity index (χ2n) is 6.39. The summed E-state index contributed by atoms with van der Waals surface area (Å²) in [6, 6.07) is 12.4. The van der Waals surface area contributed by atoms with Crippen LogP contribution in [0.3, 0.4) is 0 Å². The summed E-state index contributed by atoms with van der Waals surface area (Å²) in [4.78, 5) is 20.9. The molecule has 1 fully saturated rings. The van der Waals surface area contributed by atoms with Gasteiger partial charge in [0.1, 0.15) is 5.01 Å². The van der Waals surface area contributed by atoms with Crippen molar-refractivity contribution in [2.45, 2.75) is 38.4 Å². The minimum Gasteiger partial charge on any atom is -0.350 e. The average molecular weight is 372 g/mol. The topological polar surface area (TPSA) is 45.2 Å². The third-order valence-corrected chi connectivity index (χ3v) is 6.80. The summed E-state index contributed by atoms with van der Waals surface area (Å²) in [5, 5.41) is 6.25. The number of thiophene rings is 1. The monoisotopic (exact) mass is 371 g/mol. The fourth-order valence-electron chi connectivity index (χ4n) is 3.44. The molecule has 1 saturated heterocycles. The van der Waals surface area contributed by atoms with Crippen LogP contribution in [0.5, 0.6) is 0 Å². The van der Waals surface area contributed by atoms with Gasteiger partial charge in [-0.3, -0.25) is 9.69 Å². The van der Waals surface area contributed by atoms with Gasteiger partial charge in [0.25, 0.3) is 0 Å². The van der Waals surface area contributed by atoms with Gasteiger partial charge in [-0.25, -0.2) is 4.98 Å². The first-order valence-electron chi connectivity index (χ1n) is 8.63. The van der Waals surface area contributed by atoms with Crippen molar-refractivity contribution in [2.75, 3.05) is 6.54 Å². The maximum absolute atomic E-state index is 12.6. The van der Waals surface area contributed by atoms with Crippen LogP contribution in [0.1, 0.15) is 35.7 Å². The summed E-state index contributed by atoms with van der Waals surface area (Å²) in [7, 11) is 0. The number of hydrogen-bond donors (Lipinski definition) is 1. The van der Waals surface area contributed by atoms with E-state index in [1.165, 1.54) is 9.58 Å². The van der Waals surface area contributed by atoms with Crippen LogP contribution < -0.4 is 5.32 Å². The number of nitrogens with zero attached hydrogens (tertiary/aromatic N) is 2. The molecular formula is C19H21N3OS2. The van der Waals surface area contributed by atoms with E-state index in [0.29, 0.717) is 6.54 Å². The molecule has 1 aromatic carbocycles. The van der Waals surface area contributed by atoms with Crippen LogP contribution in [0.25, 0.3) is 10.2 Å². The number of aromatic nitrogens is 1. The van der Waals surface area contributed by atoms with Crippen LogP contribution in [-0.2, 0) is 11.3 Å². The van der Waals surface area contributed by atoms with Crippen LogP contribution >= 0.6 is 22.7 Å². The Bertz CT molecular complexity index is 826. The first kappa shape index (κ1) is 16.7. The first-order valence-corrected chi connectivity index (χ1v) is 10.3. The number of para-hydroxylation sites is 1. The molecule has 0 radical (unpaired) electrons. The lowest BCUT2D eigenvalue weighted by atomic mass is 10.2. The number of fused-ring (bicyclic) bond motifs is 1. The number of nitrogens with one attached hydrogen (secondary N) is 1. The number of amides is 1. The molecule has 4 nitrogen and oxygen atoms in total. The Morgan fingerprint density at radius 3 is 3.04 bits per heavy atom. The van der Waals surface area contributed by atoms with Gasteiger partial charge in [0.05, 0.1) is 28.8 Å². The van der Waals surface area contributed by atoms with Crippen molar-refractivity contribution in [1.82, 2.24) is 15.2 Å². The number of rotatable bonds is 5. The molecule has 0 bridgehead atoms.